The van der Waals surface area contributed by atoms with Crippen molar-refractivity contribution in [3.8, 4) is 23.0 Å². The topological polar surface area (TPSA) is 181 Å². The highest BCUT2D eigenvalue weighted by molar-refractivity contribution is 7.99. The van der Waals surface area contributed by atoms with Crippen LogP contribution in [0.4, 0.5) is 56.0 Å². The molecule has 3 aromatic heterocycles. The van der Waals surface area contributed by atoms with Gasteiger partial charge >= 0.3 is 0 Å². The van der Waals surface area contributed by atoms with Gasteiger partial charge < -0.3 is 39.4 Å². The predicted octanol–water partition coefficient (Wildman–Crippen LogP) is 13.0. The number of hydrogen-bond donors (Lipinski definition) is 2. The fourth-order valence-electron chi connectivity index (χ4n) is 6.92. The van der Waals surface area contributed by atoms with Crippen molar-refractivity contribution in [1.82, 2.24) is 23.7 Å². The molecule has 7 rings (SSSR count). The van der Waals surface area contributed by atoms with Crippen LogP contribution in [-0.2, 0) is 0 Å². The van der Waals surface area contributed by atoms with E-state index in [4.69, 9.17) is 54.4 Å². The van der Waals surface area contributed by atoms with Crippen molar-refractivity contribution in [3.63, 3.8) is 0 Å². The summed E-state index contributed by atoms with van der Waals surface area (Å²) in [6.07, 6.45) is 2.02. The lowest BCUT2D eigenvalue weighted by Crippen LogP contribution is -2.22. The molecule has 7 aromatic rings. The minimum Gasteiger partial charge on any atom is -0.497 e. The Morgan fingerprint density at radius 3 is 1.43 bits per heavy atom. The van der Waals surface area contributed by atoms with Crippen LogP contribution in [0.5, 0.6) is 23.0 Å². The van der Waals surface area contributed by atoms with Crippen LogP contribution >= 0.6 is 34.8 Å². The van der Waals surface area contributed by atoms with Crippen molar-refractivity contribution in [1.29, 1.82) is 0 Å². The number of fused-ring (bicyclic) bond motifs is 2. The minimum absolute atomic E-state index is 0.298. The standard InChI is InChI=1S/C45H53N13O4S3/c1-10-15-20-63-45-49-43(46-33-23-37(57(11-2)12-3)39(61-8)25-35(33)51-53-41-29-21-27(59-6)16-18-31(29)55-64-41)48-44(50-45)47-34-24-38(58(13-4)14-5)40(62-9)26-36(34)52-54-42-30-22-28(60-7)17-19-32(30)56-65-42/h16-19,21-26H,10-15,20H2,1-9H3,(H2,46,47,48,49,50)/b53-51+,54-52+. The maximum Gasteiger partial charge on any atom is 0.233 e. The number of azo groups is 2. The van der Waals surface area contributed by atoms with E-state index in [1.165, 1.54) is 23.1 Å². The largest absolute Gasteiger partial charge is 0.497 e. The van der Waals surface area contributed by atoms with Gasteiger partial charge in [0, 0.05) is 54.8 Å². The third kappa shape index (κ3) is 10.8. The first kappa shape index (κ1) is 46.6. The normalized spacial score (nSPS) is 11.5. The summed E-state index contributed by atoms with van der Waals surface area (Å²) in [5.74, 6) is 4.12. The van der Waals surface area contributed by atoms with E-state index < -0.39 is 0 Å². The van der Waals surface area contributed by atoms with Gasteiger partial charge in [-0.15, -0.1) is 20.5 Å². The van der Waals surface area contributed by atoms with Crippen molar-refractivity contribution in [3.05, 3.63) is 60.7 Å². The summed E-state index contributed by atoms with van der Waals surface area (Å²) in [6.45, 7) is 13.6. The van der Waals surface area contributed by atoms with E-state index in [0.717, 1.165) is 78.0 Å². The quantitative estimate of drug-likeness (QED) is 0.0372. The Morgan fingerprint density at radius 1 is 0.569 bits per heavy atom. The molecule has 0 aliphatic heterocycles. The number of nitrogens with zero attached hydrogens (tertiary/aromatic N) is 11. The molecule has 0 atom stereocenters. The number of nitrogens with one attached hydrogen (secondary N) is 2. The molecule has 4 aromatic carbocycles. The second kappa shape index (κ2) is 22.0. The highest BCUT2D eigenvalue weighted by Crippen LogP contribution is 2.44. The number of anilines is 6. The molecule has 0 bridgehead atoms. The molecule has 0 saturated heterocycles. The van der Waals surface area contributed by atoms with Crippen LogP contribution in [0.3, 0.4) is 0 Å². The zero-order chi connectivity index (χ0) is 45.9. The Morgan fingerprint density at radius 2 is 1.03 bits per heavy atom. The SMILES string of the molecule is CCCCSc1nc(Nc2cc(N(CC)CC)c(OC)cc2/N=N/c2snc3ccc(OC)cc23)nc(Nc2cc(N(CC)CC)c(OC)cc2/N=N/c2snc3ccc(OC)cc23)n1. The van der Waals surface area contributed by atoms with Crippen LogP contribution in [0.2, 0.25) is 0 Å². The van der Waals surface area contributed by atoms with Gasteiger partial charge in [0.15, 0.2) is 15.2 Å². The smallest absolute Gasteiger partial charge is 0.233 e. The summed E-state index contributed by atoms with van der Waals surface area (Å²) < 4.78 is 32.0. The van der Waals surface area contributed by atoms with E-state index >= 15 is 0 Å². The monoisotopic (exact) mass is 935 g/mol. The summed E-state index contributed by atoms with van der Waals surface area (Å²) in [6, 6.07) is 19.1. The number of aromatic nitrogens is 5. The number of rotatable bonds is 22. The first-order valence-electron chi connectivity index (χ1n) is 21.3. The molecule has 0 amide bonds. The Hall–Kier alpha value is -6.38. The van der Waals surface area contributed by atoms with E-state index in [1.54, 1.807) is 40.2 Å². The van der Waals surface area contributed by atoms with Crippen LogP contribution < -0.4 is 39.4 Å². The van der Waals surface area contributed by atoms with Crippen molar-refractivity contribution < 1.29 is 18.9 Å². The highest BCUT2D eigenvalue weighted by atomic mass is 32.2. The van der Waals surface area contributed by atoms with Gasteiger partial charge in [0.2, 0.25) is 11.9 Å². The van der Waals surface area contributed by atoms with Crippen LogP contribution in [0.1, 0.15) is 47.5 Å². The fourth-order valence-corrected chi connectivity index (χ4v) is 9.21. The maximum absolute atomic E-state index is 5.93. The maximum atomic E-state index is 5.93. The predicted molar refractivity (Wildman–Crippen MR) is 266 cm³/mol. The number of unbranched alkanes of at least 4 members (excludes halogenated alkanes) is 1. The number of hydrogen-bond acceptors (Lipinski definition) is 20. The van der Waals surface area contributed by atoms with Gasteiger partial charge in [-0.3, -0.25) is 0 Å². The highest BCUT2D eigenvalue weighted by Gasteiger charge is 2.20. The Bertz CT molecular complexity index is 2610. The summed E-state index contributed by atoms with van der Waals surface area (Å²) in [7, 11) is 6.57. The molecule has 65 heavy (non-hydrogen) atoms. The molecule has 0 saturated carbocycles. The van der Waals surface area contributed by atoms with Gasteiger partial charge in [-0.25, -0.2) is 0 Å². The van der Waals surface area contributed by atoms with Crippen molar-refractivity contribution >= 4 is 113 Å². The average Bonchev–Trinajstić information content (AvgIpc) is 3.94. The Labute approximate surface area is 391 Å². The third-order valence-electron chi connectivity index (χ3n) is 10.5. The third-order valence-corrected chi connectivity index (χ3v) is 12.9. The second-order valence-electron chi connectivity index (χ2n) is 14.3. The van der Waals surface area contributed by atoms with E-state index in [2.05, 4.69) is 63.8 Å². The van der Waals surface area contributed by atoms with E-state index in [0.29, 0.717) is 72.8 Å². The molecule has 0 spiro atoms. The molecule has 0 unspecified atom stereocenters. The van der Waals surface area contributed by atoms with E-state index in [1.807, 2.05) is 60.7 Å². The van der Waals surface area contributed by atoms with Gasteiger partial charge in [0.1, 0.15) is 34.4 Å². The van der Waals surface area contributed by atoms with Crippen molar-refractivity contribution in [2.45, 2.75) is 52.6 Å². The van der Waals surface area contributed by atoms with Crippen LogP contribution in [0.25, 0.3) is 21.8 Å². The zero-order valence-electron chi connectivity index (χ0n) is 38.0. The van der Waals surface area contributed by atoms with E-state index in [9.17, 15) is 0 Å². The van der Waals surface area contributed by atoms with Crippen molar-refractivity contribution in [2.75, 3.05) is 80.8 Å². The number of thioether (sulfide) groups is 1. The molecular weight excluding hydrogens is 883 g/mol. The molecule has 20 heteroatoms. The van der Waals surface area contributed by atoms with Gasteiger partial charge in [-0.2, -0.15) is 23.7 Å². The number of ether oxygens (including phenoxy) is 4. The summed E-state index contributed by atoms with van der Waals surface area (Å²) in [4.78, 5) is 19.2. The first-order valence-corrected chi connectivity index (χ1v) is 23.9. The fraction of sp³-hybridized carbons (Fsp3) is 0.356. The van der Waals surface area contributed by atoms with Gasteiger partial charge in [-0.05, 0) is 106 Å². The zero-order valence-corrected chi connectivity index (χ0v) is 40.4. The molecule has 17 nitrogen and oxygen atoms in total. The van der Waals surface area contributed by atoms with Crippen LogP contribution in [-0.4, -0.2) is 84.1 Å². The molecule has 0 aliphatic rings. The molecule has 0 fully saturated rings. The van der Waals surface area contributed by atoms with E-state index in [-0.39, 0.29) is 0 Å². The number of methoxy groups -OCH3 is 4. The van der Waals surface area contributed by atoms with Crippen molar-refractivity contribution in [2.24, 2.45) is 20.5 Å². The minimum atomic E-state index is 0.298. The summed E-state index contributed by atoms with van der Waals surface area (Å²) >= 11 is 4.08. The lowest BCUT2D eigenvalue weighted by atomic mass is 10.2. The Kier molecular flexibility index (Phi) is 15.8. The Balaban J connectivity index is 1.33. The van der Waals surface area contributed by atoms with Gasteiger partial charge in [0.05, 0.1) is 62.2 Å². The van der Waals surface area contributed by atoms with Gasteiger partial charge in [-0.1, -0.05) is 25.1 Å². The van der Waals surface area contributed by atoms with Gasteiger partial charge in [0.25, 0.3) is 0 Å². The molecular formula is C45H53N13O4S3. The molecule has 3 heterocycles. The molecule has 340 valence electrons. The average molecular weight is 936 g/mol. The lowest BCUT2D eigenvalue weighted by Gasteiger charge is -2.25. The molecule has 2 N–H and O–H groups in total. The van der Waals surface area contributed by atoms with Crippen LogP contribution in [0.15, 0.2) is 86.3 Å². The first-order chi connectivity index (χ1) is 31.8. The summed E-state index contributed by atoms with van der Waals surface area (Å²) in [5.41, 5.74) is 5.60. The van der Waals surface area contributed by atoms with Crippen LogP contribution in [0, 0.1) is 0 Å². The number of benzene rings is 4. The summed E-state index contributed by atoms with van der Waals surface area (Å²) in [5, 5.41) is 29.4. The second-order valence-corrected chi connectivity index (χ2v) is 16.9. The molecule has 0 radical (unpaired) electrons. The lowest BCUT2D eigenvalue weighted by molar-refractivity contribution is 0.414. The molecule has 0 aliphatic carbocycles.